The number of H-pyrrole nitrogens is 1. The predicted molar refractivity (Wildman–Crippen MR) is 66.5 cm³/mol. The lowest BCUT2D eigenvalue weighted by Crippen LogP contribution is -2.42. The number of hydrogen-bond acceptors (Lipinski definition) is 1. The van der Waals surface area contributed by atoms with Crippen LogP contribution in [0.4, 0.5) is 0 Å². The number of carboxylic acids is 1. The molecule has 3 rings (SSSR count). The van der Waals surface area contributed by atoms with E-state index in [1.807, 2.05) is 18.2 Å². The molecule has 0 saturated heterocycles. The summed E-state index contributed by atoms with van der Waals surface area (Å²) in [7, 11) is 0. The average molecular weight is 250 g/mol. The van der Waals surface area contributed by atoms with Crippen LogP contribution >= 0.6 is 11.6 Å². The van der Waals surface area contributed by atoms with Crippen molar-refractivity contribution in [2.75, 3.05) is 0 Å². The third-order valence-corrected chi connectivity index (χ3v) is 4.11. The van der Waals surface area contributed by atoms with Crippen LogP contribution in [0.25, 0.3) is 10.9 Å². The molecule has 0 radical (unpaired) electrons. The summed E-state index contributed by atoms with van der Waals surface area (Å²) in [5.41, 5.74) is 1.12. The van der Waals surface area contributed by atoms with E-state index in [1.54, 1.807) is 6.20 Å². The van der Waals surface area contributed by atoms with Crippen molar-refractivity contribution >= 4 is 28.5 Å². The van der Waals surface area contributed by atoms with Crippen LogP contribution in [0.3, 0.4) is 0 Å². The van der Waals surface area contributed by atoms with Crippen LogP contribution in [0.15, 0.2) is 24.4 Å². The van der Waals surface area contributed by atoms with E-state index < -0.39 is 11.4 Å². The molecule has 1 saturated carbocycles. The van der Waals surface area contributed by atoms with E-state index in [1.165, 1.54) is 0 Å². The van der Waals surface area contributed by atoms with Crippen LogP contribution in [0.5, 0.6) is 0 Å². The Morgan fingerprint density at radius 1 is 1.41 bits per heavy atom. The van der Waals surface area contributed by atoms with Gasteiger partial charge in [-0.25, -0.2) is 0 Å². The van der Waals surface area contributed by atoms with Gasteiger partial charge in [0.25, 0.3) is 0 Å². The summed E-state index contributed by atoms with van der Waals surface area (Å²) in [5, 5.41) is 10.9. The molecule has 1 heterocycles. The van der Waals surface area contributed by atoms with Crippen LogP contribution < -0.4 is 0 Å². The van der Waals surface area contributed by atoms with Gasteiger partial charge in [-0.1, -0.05) is 24.1 Å². The molecule has 0 atom stereocenters. The molecular weight excluding hydrogens is 238 g/mol. The second-order valence-electron chi connectivity index (χ2n) is 4.64. The van der Waals surface area contributed by atoms with Gasteiger partial charge < -0.3 is 10.1 Å². The van der Waals surface area contributed by atoms with E-state index in [-0.39, 0.29) is 0 Å². The van der Waals surface area contributed by atoms with Crippen molar-refractivity contribution in [3.8, 4) is 0 Å². The Balaban J connectivity index is 2.17. The van der Waals surface area contributed by atoms with Gasteiger partial charge in [0, 0.05) is 17.1 Å². The van der Waals surface area contributed by atoms with Crippen molar-refractivity contribution in [2.45, 2.75) is 24.7 Å². The maximum absolute atomic E-state index is 11.4. The van der Waals surface area contributed by atoms with Gasteiger partial charge in [-0.2, -0.15) is 0 Å². The molecule has 1 fully saturated rings. The second-order valence-corrected chi connectivity index (χ2v) is 5.04. The zero-order chi connectivity index (χ0) is 12.0. The van der Waals surface area contributed by atoms with Crippen LogP contribution in [0.1, 0.15) is 24.8 Å². The Morgan fingerprint density at radius 2 is 2.18 bits per heavy atom. The van der Waals surface area contributed by atoms with E-state index in [0.29, 0.717) is 5.02 Å². The highest BCUT2D eigenvalue weighted by Crippen LogP contribution is 2.45. The molecule has 1 aliphatic rings. The van der Waals surface area contributed by atoms with Gasteiger partial charge in [-0.3, -0.25) is 4.79 Å². The number of rotatable bonds is 2. The number of fused-ring (bicyclic) bond motifs is 1. The number of aromatic nitrogens is 1. The van der Waals surface area contributed by atoms with Crippen molar-refractivity contribution in [1.82, 2.24) is 4.98 Å². The van der Waals surface area contributed by atoms with E-state index in [2.05, 4.69) is 4.98 Å². The number of benzene rings is 1. The van der Waals surface area contributed by atoms with Crippen LogP contribution in [-0.4, -0.2) is 16.1 Å². The zero-order valence-electron chi connectivity index (χ0n) is 9.16. The van der Waals surface area contributed by atoms with Gasteiger partial charge in [-0.15, -0.1) is 0 Å². The normalized spacial score (nSPS) is 17.9. The highest BCUT2D eigenvalue weighted by Gasteiger charge is 2.45. The molecule has 0 amide bonds. The molecule has 1 aromatic heterocycles. The minimum atomic E-state index is -0.727. The fraction of sp³-hybridized carbons (Fsp3) is 0.308. The number of hydrogen-bond donors (Lipinski definition) is 2. The minimum absolute atomic E-state index is 0.640. The summed E-state index contributed by atoms with van der Waals surface area (Å²) < 4.78 is 0. The maximum Gasteiger partial charge on any atom is 0.314 e. The van der Waals surface area contributed by atoms with Crippen molar-refractivity contribution in [3.63, 3.8) is 0 Å². The largest absolute Gasteiger partial charge is 0.481 e. The second kappa shape index (κ2) is 3.50. The summed E-state index contributed by atoms with van der Waals surface area (Å²) in [6.07, 6.45) is 4.14. The molecule has 1 aromatic carbocycles. The summed E-state index contributed by atoms with van der Waals surface area (Å²) >= 11 is 6.06. The first-order valence-electron chi connectivity index (χ1n) is 5.64. The maximum atomic E-state index is 11.4. The van der Waals surface area contributed by atoms with E-state index >= 15 is 0 Å². The summed E-state index contributed by atoms with van der Waals surface area (Å²) in [6.45, 7) is 0. The first-order valence-corrected chi connectivity index (χ1v) is 6.02. The van der Waals surface area contributed by atoms with Gasteiger partial charge in [0.05, 0.1) is 10.4 Å². The molecule has 0 aliphatic heterocycles. The highest BCUT2D eigenvalue weighted by molar-refractivity contribution is 6.35. The van der Waals surface area contributed by atoms with E-state index in [9.17, 15) is 9.90 Å². The predicted octanol–water partition coefficient (Wildman–Crippen LogP) is 3.33. The Bertz CT molecular complexity index is 598. The Morgan fingerprint density at radius 3 is 2.76 bits per heavy atom. The summed E-state index contributed by atoms with van der Waals surface area (Å²) in [6, 6.07) is 5.70. The van der Waals surface area contributed by atoms with Crippen molar-refractivity contribution in [2.24, 2.45) is 0 Å². The van der Waals surface area contributed by atoms with Gasteiger partial charge in [0.2, 0.25) is 0 Å². The monoisotopic (exact) mass is 249 g/mol. The number of carboxylic acid groups (broad SMARTS) is 1. The highest BCUT2D eigenvalue weighted by atomic mass is 35.5. The van der Waals surface area contributed by atoms with Crippen molar-refractivity contribution < 1.29 is 9.90 Å². The minimum Gasteiger partial charge on any atom is -0.481 e. The van der Waals surface area contributed by atoms with Crippen LogP contribution in [-0.2, 0) is 10.2 Å². The first kappa shape index (κ1) is 10.7. The van der Waals surface area contributed by atoms with Gasteiger partial charge >= 0.3 is 5.97 Å². The Labute approximate surface area is 103 Å². The quantitative estimate of drug-likeness (QED) is 0.858. The fourth-order valence-corrected chi connectivity index (χ4v) is 2.75. The van der Waals surface area contributed by atoms with Gasteiger partial charge in [-0.05, 0) is 30.5 Å². The SMILES string of the molecule is O=C(O)C1(c2ccc3[nH]cc(Cl)c3c2)CCC1. The summed E-state index contributed by atoms with van der Waals surface area (Å²) in [5.74, 6) is -0.727. The molecule has 88 valence electrons. The van der Waals surface area contributed by atoms with Crippen LogP contribution in [0.2, 0.25) is 5.02 Å². The molecule has 0 bridgehead atoms. The average Bonchev–Trinajstić information content (AvgIpc) is 2.58. The number of aliphatic carboxylic acids is 1. The molecule has 0 unspecified atom stereocenters. The topological polar surface area (TPSA) is 53.1 Å². The molecule has 1 aliphatic carbocycles. The lowest BCUT2D eigenvalue weighted by Gasteiger charge is -2.38. The standard InChI is InChI=1S/C13H12ClNO2/c14-10-7-15-11-3-2-8(6-9(10)11)13(12(16)17)4-1-5-13/h2-3,6-7,15H,1,4-5H2,(H,16,17). The first-order chi connectivity index (χ1) is 8.13. The molecule has 2 N–H and O–H groups in total. The number of halogens is 1. The third-order valence-electron chi connectivity index (χ3n) is 3.80. The smallest absolute Gasteiger partial charge is 0.314 e. The molecule has 2 aromatic rings. The number of carbonyl (C=O) groups is 1. The zero-order valence-corrected chi connectivity index (χ0v) is 9.92. The molecular formula is C13H12ClNO2. The molecule has 17 heavy (non-hydrogen) atoms. The van der Waals surface area contributed by atoms with E-state index in [0.717, 1.165) is 35.7 Å². The lowest BCUT2D eigenvalue weighted by atomic mass is 9.64. The van der Waals surface area contributed by atoms with Gasteiger partial charge in [0.15, 0.2) is 0 Å². The Hall–Kier alpha value is -1.48. The third kappa shape index (κ3) is 1.39. The fourth-order valence-electron chi connectivity index (χ4n) is 2.54. The summed E-state index contributed by atoms with van der Waals surface area (Å²) in [4.78, 5) is 14.5. The van der Waals surface area contributed by atoms with Crippen molar-refractivity contribution in [1.29, 1.82) is 0 Å². The van der Waals surface area contributed by atoms with E-state index in [4.69, 9.17) is 11.6 Å². The number of aromatic amines is 1. The Kier molecular flexibility index (Phi) is 2.20. The van der Waals surface area contributed by atoms with Gasteiger partial charge in [0.1, 0.15) is 0 Å². The molecule has 4 heteroatoms. The van der Waals surface area contributed by atoms with Crippen LogP contribution in [0, 0.1) is 0 Å². The molecule has 0 spiro atoms. The molecule has 3 nitrogen and oxygen atoms in total. The number of nitrogens with one attached hydrogen (secondary N) is 1. The van der Waals surface area contributed by atoms with Crippen molar-refractivity contribution in [3.05, 3.63) is 35.0 Å². The lowest BCUT2D eigenvalue weighted by molar-refractivity contribution is -0.147.